The van der Waals surface area contributed by atoms with E-state index in [1.807, 2.05) is 11.8 Å². The van der Waals surface area contributed by atoms with Crippen molar-refractivity contribution in [2.24, 2.45) is 5.41 Å². The number of aromatic nitrogens is 1. The van der Waals surface area contributed by atoms with Crippen molar-refractivity contribution in [2.45, 2.75) is 26.2 Å². The monoisotopic (exact) mass is 298 g/mol. The Bertz CT molecular complexity index is 543. The van der Waals surface area contributed by atoms with Gasteiger partial charge in [-0.2, -0.15) is 0 Å². The molecule has 4 nitrogen and oxygen atoms in total. The molecule has 0 radical (unpaired) electrons. The second kappa shape index (κ2) is 5.00. The Morgan fingerprint density at radius 3 is 3.05 bits per heavy atom. The summed E-state index contributed by atoms with van der Waals surface area (Å²) in [4.78, 5) is 18.5. The lowest BCUT2D eigenvalue weighted by atomic mass is 9.87. The summed E-state index contributed by atoms with van der Waals surface area (Å²) in [6.07, 6.45) is 2.65. The van der Waals surface area contributed by atoms with Crippen molar-refractivity contribution in [3.63, 3.8) is 0 Å². The Hall–Kier alpha value is -0.720. The molecule has 2 aliphatic rings. The molecule has 104 valence electrons. The molecule has 3 rings (SSSR count). The summed E-state index contributed by atoms with van der Waals surface area (Å²) in [5.74, 6) is 0.220. The lowest BCUT2D eigenvalue weighted by molar-refractivity contribution is -0.129. The molecular formula is C13H18N2O2S2. The number of hydrogen-bond acceptors (Lipinski definition) is 4. The van der Waals surface area contributed by atoms with E-state index in [-0.39, 0.29) is 11.3 Å². The van der Waals surface area contributed by atoms with Crippen LogP contribution in [0.1, 0.15) is 23.4 Å². The number of amides is 1. The number of aryl methyl sites for hydroxylation is 1. The number of rotatable bonds is 2. The van der Waals surface area contributed by atoms with Gasteiger partial charge in [0.1, 0.15) is 0 Å². The zero-order valence-electron chi connectivity index (χ0n) is 11.0. The third-order valence-electron chi connectivity index (χ3n) is 4.21. The van der Waals surface area contributed by atoms with Crippen LogP contribution in [0.25, 0.3) is 0 Å². The fraction of sp³-hybridized carbons (Fsp3) is 0.692. The second-order valence-electron chi connectivity index (χ2n) is 5.61. The van der Waals surface area contributed by atoms with E-state index in [1.54, 1.807) is 0 Å². The van der Waals surface area contributed by atoms with Gasteiger partial charge in [0.15, 0.2) is 3.95 Å². The first-order valence-electron chi connectivity index (χ1n) is 6.62. The maximum atomic E-state index is 12.4. The molecule has 1 N–H and O–H groups in total. The fourth-order valence-corrected chi connectivity index (χ4v) is 4.26. The summed E-state index contributed by atoms with van der Waals surface area (Å²) >= 11 is 6.62. The average molecular weight is 298 g/mol. The van der Waals surface area contributed by atoms with Crippen LogP contribution in [0.3, 0.4) is 0 Å². The number of ether oxygens (including phenoxy) is 1. The summed E-state index contributed by atoms with van der Waals surface area (Å²) in [6, 6.07) is 0. The Labute approximate surface area is 121 Å². The van der Waals surface area contributed by atoms with Gasteiger partial charge in [0.2, 0.25) is 5.91 Å². The Kier molecular flexibility index (Phi) is 3.49. The number of nitrogens with one attached hydrogen (secondary N) is 1. The van der Waals surface area contributed by atoms with E-state index in [0.29, 0.717) is 6.42 Å². The number of likely N-dealkylation sites (tertiary alicyclic amines) is 1. The van der Waals surface area contributed by atoms with Crippen molar-refractivity contribution in [1.29, 1.82) is 0 Å². The lowest BCUT2D eigenvalue weighted by Gasteiger charge is -2.21. The molecule has 0 aromatic carbocycles. The minimum Gasteiger partial charge on any atom is -0.381 e. The van der Waals surface area contributed by atoms with Crippen molar-refractivity contribution < 1.29 is 9.53 Å². The highest BCUT2D eigenvalue weighted by Gasteiger charge is 2.42. The molecule has 3 heterocycles. The Morgan fingerprint density at radius 1 is 1.58 bits per heavy atom. The van der Waals surface area contributed by atoms with Gasteiger partial charge < -0.3 is 14.6 Å². The van der Waals surface area contributed by atoms with Crippen molar-refractivity contribution in [3.05, 3.63) is 14.5 Å². The van der Waals surface area contributed by atoms with Gasteiger partial charge in [-0.25, -0.2) is 0 Å². The summed E-state index contributed by atoms with van der Waals surface area (Å²) in [7, 11) is 0. The number of thiazole rings is 1. The minimum absolute atomic E-state index is 0.220. The number of aromatic amines is 1. The van der Waals surface area contributed by atoms with Gasteiger partial charge in [-0.1, -0.05) is 0 Å². The van der Waals surface area contributed by atoms with Crippen molar-refractivity contribution in [2.75, 3.05) is 26.3 Å². The van der Waals surface area contributed by atoms with Crippen LogP contribution >= 0.6 is 23.6 Å². The molecular weight excluding hydrogens is 280 g/mol. The molecule has 2 saturated heterocycles. The maximum Gasteiger partial charge on any atom is 0.227 e. The highest BCUT2D eigenvalue weighted by atomic mass is 32.1. The molecule has 6 heteroatoms. The summed E-state index contributed by atoms with van der Waals surface area (Å²) in [5, 5.41) is 0. The van der Waals surface area contributed by atoms with Gasteiger partial charge in [0.05, 0.1) is 13.0 Å². The number of nitrogens with zero attached hydrogens (tertiary/aromatic N) is 1. The largest absolute Gasteiger partial charge is 0.381 e. The zero-order valence-corrected chi connectivity index (χ0v) is 12.7. The molecule has 1 aromatic heterocycles. The summed E-state index contributed by atoms with van der Waals surface area (Å²) in [5.41, 5.74) is 1.27. The molecule has 1 amide bonds. The van der Waals surface area contributed by atoms with E-state index < -0.39 is 0 Å². The minimum atomic E-state index is 0.220. The highest BCUT2D eigenvalue weighted by Crippen LogP contribution is 2.38. The second-order valence-corrected chi connectivity index (χ2v) is 7.38. The first-order valence-corrected chi connectivity index (χ1v) is 7.85. The van der Waals surface area contributed by atoms with E-state index in [2.05, 4.69) is 4.98 Å². The zero-order chi connectivity index (χ0) is 13.5. The first-order chi connectivity index (χ1) is 9.08. The molecule has 1 aromatic rings. The van der Waals surface area contributed by atoms with E-state index in [0.717, 1.165) is 53.7 Å². The van der Waals surface area contributed by atoms with Gasteiger partial charge in [0.25, 0.3) is 0 Å². The number of carbonyl (C=O) groups excluding carboxylic acids is 1. The van der Waals surface area contributed by atoms with Gasteiger partial charge in [0, 0.05) is 35.7 Å². The molecule has 1 atom stereocenters. The van der Waals surface area contributed by atoms with Crippen LogP contribution in [0.4, 0.5) is 0 Å². The van der Waals surface area contributed by atoms with Crippen LogP contribution in [0.15, 0.2) is 0 Å². The molecule has 1 spiro atoms. The third kappa shape index (κ3) is 2.61. The highest BCUT2D eigenvalue weighted by molar-refractivity contribution is 7.73. The molecule has 2 aliphatic heterocycles. The van der Waals surface area contributed by atoms with E-state index in [9.17, 15) is 4.79 Å². The smallest absolute Gasteiger partial charge is 0.227 e. The topological polar surface area (TPSA) is 45.3 Å². The Balaban J connectivity index is 1.65. The molecule has 0 bridgehead atoms. The van der Waals surface area contributed by atoms with Crippen molar-refractivity contribution >= 4 is 29.5 Å². The van der Waals surface area contributed by atoms with Crippen LogP contribution < -0.4 is 0 Å². The van der Waals surface area contributed by atoms with E-state index >= 15 is 0 Å². The normalized spacial score (nSPS) is 26.5. The van der Waals surface area contributed by atoms with Gasteiger partial charge >= 0.3 is 0 Å². The fourth-order valence-electron chi connectivity index (χ4n) is 2.97. The number of hydrogen-bond donors (Lipinski definition) is 1. The molecule has 0 unspecified atom stereocenters. The predicted octanol–water partition coefficient (Wildman–Crippen LogP) is 2.30. The molecule has 2 fully saturated rings. The van der Waals surface area contributed by atoms with Crippen LogP contribution in [0.2, 0.25) is 0 Å². The SMILES string of the molecule is Cc1[nH]c(=S)sc1CC(=O)N1CC[C@]2(CCOC2)C1. The first kappa shape index (κ1) is 13.3. The van der Waals surface area contributed by atoms with E-state index in [4.69, 9.17) is 17.0 Å². The molecule has 19 heavy (non-hydrogen) atoms. The average Bonchev–Trinajstić information content (AvgIpc) is 3.05. The van der Waals surface area contributed by atoms with Crippen molar-refractivity contribution in [1.82, 2.24) is 9.88 Å². The van der Waals surface area contributed by atoms with Gasteiger partial charge in [-0.15, -0.1) is 11.3 Å². The summed E-state index contributed by atoms with van der Waals surface area (Å²) in [6.45, 7) is 5.38. The van der Waals surface area contributed by atoms with Gasteiger partial charge in [-0.3, -0.25) is 4.79 Å². The summed E-state index contributed by atoms with van der Waals surface area (Å²) < 4.78 is 6.25. The van der Waals surface area contributed by atoms with Crippen molar-refractivity contribution in [3.8, 4) is 0 Å². The van der Waals surface area contributed by atoms with Gasteiger partial charge in [-0.05, 0) is 32.0 Å². The van der Waals surface area contributed by atoms with Crippen LogP contribution in [0, 0.1) is 16.3 Å². The Morgan fingerprint density at radius 2 is 2.42 bits per heavy atom. The molecule has 0 saturated carbocycles. The van der Waals surface area contributed by atoms with E-state index in [1.165, 1.54) is 11.3 Å². The predicted molar refractivity (Wildman–Crippen MR) is 77.0 cm³/mol. The third-order valence-corrected chi connectivity index (χ3v) is 5.55. The number of H-pyrrole nitrogens is 1. The van der Waals surface area contributed by atoms with Crippen LogP contribution in [-0.2, 0) is 16.0 Å². The molecule has 0 aliphatic carbocycles. The lowest BCUT2D eigenvalue weighted by Crippen LogP contribution is -2.33. The quantitative estimate of drug-likeness (QED) is 0.852. The maximum absolute atomic E-state index is 12.4. The number of carbonyl (C=O) groups is 1. The van der Waals surface area contributed by atoms with Crippen LogP contribution in [-0.4, -0.2) is 42.1 Å². The van der Waals surface area contributed by atoms with Crippen LogP contribution in [0.5, 0.6) is 0 Å². The standard InChI is InChI=1S/C13H18N2O2S2/c1-9-10(19-12(18)14-9)6-11(16)15-4-2-13(7-15)3-5-17-8-13/h2-8H2,1H3,(H,14,18)/t13-/m0/s1.